The van der Waals surface area contributed by atoms with Crippen LogP contribution in [0.25, 0.3) is 0 Å². The summed E-state index contributed by atoms with van der Waals surface area (Å²) >= 11 is 0. The normalized spacial score (nSPS) is 24.2. The maximum Gasteiger partial charge on any atom is 0.131 e. The van der Waals surface area contributed by atoms with Crippen molar-refractivity contribution in [2.45, 2.75) is 31.6 Å². The van der Waals surface area contributed by atoms with E-state index in [9.17, 15) is 14.8 Å². The van der Waals surface area contributed by atoms with E-state index in [0.29, 0.717) is 5.56 Å². The van der Waals surface area contributed by atoms with Gasteiger partial charge in [-0.3, -0.25) is 4.90 Å². The first-order chi connectivity index (χ1) is 13.4. The smallest absolute Gasteiger partial charge is 0.131 e. The number of rotatable bonds is 2. The van der Waals surface area contributed by atoms with Crippen molar-refractivity contribution in [3.8, 4) is 11.8 Å². The van der Waals surface area contributed by atoms with Crippen molar-refractivity contribution in [2.24, 2.45) is 0 Å². The molecular weight excluding hydrogens is 357 g/mol. The highest BCUT2D eigenvalue weighted by atomic mass is 19.1. The summed E-state index contributed by atoms with van der Waals surface area (Å²) in [5.74, 6) is 0.486. The quantitative estimate of drug-likeness (QED) is 0.866. The molecule has 4 rings (SSSR count). The van der Waals surface area contributed by atoms with E-state index < -0.39 is 11.7 Å². The Kier molecular flexibility index (Phi) is 4.74. The first-order valence-electron chi connectivity index (χ1n) is 9.55. The molecule has 1 N–H and O–H groups in total. The van der Waals surface area contributed by atoms with Gasteiger partial charge in [0.2, 0.25) is 0 Å². The molecule has 28 heavy (non-hydrogen) atoms. The number of nitrogens with zero attached hydrogens (tertiary/aromatic N) is 3. The lowest BCUT2D eigenvalue weighted by molar-refractivity contribution is -0.0942. The molecule has 0 aromatic heterocycles. The summed E-state index contributed by atoms with van der Waals surface area (Å²) in [6.07, 6.45) is -0.716. The first-order valence-corrected chi connectivity index (χ1v) is 9.55. The van der Waals surface area contributed by atoms with Crippen molar-refractivity contribution in [1.29, 1.82) is 5.26 Å². The minimum atomic E-state index is -0.722. The SMILES string of the molecule is CC1(C)Oc2ccc(C#N)cc2[C@@H](N2CCN(c3ccc(F)cc3)CC2)[C@@H]1O. The molecule has 2 aliphatic rings. The fourth-order valence-electron chi connectivity index (χ4n) is 4.14. The monoisotopic (exact) mass is 381 g/mol. The summed E-state index contributed by atoms with van der Waals surface area (Å²) < 4.78 is 19.2. The van der Waals surface area contributed by atoms with Crippen LogP contribution in [0.2, 0.25) is 0 Å². The van der Waals surface area contributed by atoms with Crippen molar-refractivity contribution in [3.63, 3.8) is 0 Å². The van der Waals surface area contributed by atoms with E-state index in [1.54, 1.807) is 18.2 Å². The molecule has 2 aromatic rings. The lowest BCUT2D eigenvalue weighted by atomic mass is 9.84. The van der Waals surface area contributed by atoms with Crippen molar-refractivity contribution in [3.05, 3.63) is 59.4 Å². The Balaban J connectivity index is 1.58. The van der Waals surface area contributed by atoms with Gasteiger partial charge in [-0.25, -0.2) is 4.39 Å². The number of fused-ring (bicyclic) bond motifs is 1. The number of hydrogen-bond acceptors (Lipinski definition) is 5. The number of anilines is 1. The number of ether oxygens (including phenoxy) is 1. The Morgan fingerprint density at radius 1 is 1.11 bits per heavy atom. The number of hydrogen-bond donors (Lipinski definition) is 1. The fraction of sp³-hybridized carbons (Fsp3) is 0.409. The third-order valence-corrected chi connectivity index (χ3v) is 5.74. The van der Waals surface area contributed by atoms with Gasteiger partial charge in [-0.05, 0) is 56.3 Å². The number of halogens is 1. The highest BCUT2D eigenvalue weighted by Gasteiger charge is 2.45. The molecule has 5 nitrogen and oxygen atoms in total. The van der Waals surface area contributed by atoms with E-state index in [4.69, 9.17) is 4.74 Å². The molecule has 146 valence electrons. The Morgan fingerprint density at radius 3 is 2.43 bits per heavy atom. The third-order valence-electron chi connectivity index (χ3n) is 5.74. The first kappa shape index (κ1) is 18.7. The number of aliphatic hydroxyl groups is 1. The standard InChI is InChI=1S/C22H24FN3O2/c1-22(2)21(27)20(18-13-15(14-24)3-8-19(18)28-22)26-11-9-25(10-12-26)17-6-4-16(23)5-7-17/h3-8,13,20-21,27H,9-12H2,1-2H3/t20-,21+/m1/s1. The Bertz CT molecular complexity index is 899. The molecule has 0 spiro atoms. The molecule has 6 heteroatoms. The molecule has 0 amide bonds. The molecular formula is C22H24FN3O2. The molecule has 2 aromatic carbocycles. The van der Waals surface area contributed by atoms with Gasteiger partial charge in [0, 0.05) is 37.4 Å². The van der Waals surface area contributed by atoms with Crippen LogP contribution in [-0.2, 0) is 0 Å². The van der Waals surface area contributed by atoms with Gasteiger partial charge in [-0.2, -0.15) is 5.26 Å². The third kappa shape index (κ3) is 3.32. The van der Waals surface area contributed by atoms with Crippen LogP contribution in [-0.4, -0.2) is 47.9 Å². The van der Waals surface area contributed by atoms with Crippen LogP contribution in [0.4, 0.5) is 10.1 Å². The minimum absolute atomic E-state index is 0.234. The van der Waals surface area contributed by atoms with Gasteiger partial charge >= 0.3 is 0 Å². The second-order valence-corrected chi connectivity index (χ2v) is 7.96. The summed E-state index contributed by atoms with van der Waals surface area (Å²) in [5.41, 5.74) is 1.70. The van der Waals surface area contributed by atoms with Gasteiger partial charge in [0.15, 0.2) is 0 Å². The largest absolute Gasteiger partial charge is 0.485 e. The van der Waals surface area contributed by atoms with Crippen LogP contribution in [0.5, 0.6) is 5.75 Å². The fourth-order valence-corrected chi connectivity index (χ4v) is 4.14. The van der Waals surface area contributed by atoms with Crippen molar-refractivity contribution >= 4 is 5.69 Å². The van der Waals surface area contributed by atoms with Gasteiger partial charge < -0.3 is 14.7 Å². The number of piperazine rings is 1. The summed E-state index contributed by atoms with van der Waals surface area (Å²) in [6, 6.07) is 13.9. The van der Waals surface area contributed by atoms with Crippen LogP contribution in [0.3, 0.4) is 0 Å². The molecule has 2 atom stereocenters. The van der Waals surface area contributed by atoms with Crippen LogP contribution in [0, 0.1) is 17.1 Å². The summed E-state index contributed by atoms with van der Waals surface area (Å²) in [5, 5.41) is 20.4. The maximum atomic E-state index is 13.2. The topological polar surface area (TPSA) is 59.7 Å². The Labute approximate surface area is 164 Å². The highest BCUT2D eigenvalue weighted by molar-refractivity contribution is 5.48. The van der Waals surface area contributed by atoms with Crippen molar-refractivity contribution in [1.82, 2.24) is 4.90 Å². The lowest BCUT2D eigenvalue weighted by Gasteiger charge is -2.48. The van der Waals surface area contributed by atoms with Gasteiger partial charge in [0.25, 0.3) is 0 Å². The van der Waals surface area contributed by atoms with E-state index in [0.717, 1.165) is 43.2 Å². The molecule has 1 saturated heterocycles. The Hall–Kier alpha value is -2.62. The van der Waals surface area contributed by atoms with E-state index in [1.807, 2.05) is 26.0 Å². The summed E-state index contributed by atoms with van der Waals surface area (Å²) in [6.45, 7) is 6.85. The number of benzene rings is 2. The van der Waals surface area contributed by atoms with E-state index in [2.05, 4.69) is 15.9 Å². The average Bonchev–Trinajstić information content (AvgIpc) is 2.69. The predicted molar refractivity (Wildman–Crippen MR) is 105 cm³/mol. The molecule has 0 saturated carbocycles. The Morgan fingerprint density at radius 2 is 1.79 bits per heavy atom. The summed E-state index contributed by atoms with van der Waals surface area (Å²) in [4.78, 5) is 4.48. The van der Waals surface area contributed by atoms with Crippen LogP contribution in [0.1, 0.15) is 31.0 Å². The van der Waals surface area contributed by atoms with Gasteiger partial charge in [0.05, 0.1) is 17.7 Å². The average molecular weight is 381 g/mol. The molecule has 0 bridgehead atoms. The lowest BCUT2D eigenvalue weighted by Crippen LogP contribution is -2.57. The van der Waals surface area contributed by atoms with Gasteiger partial charge in [-0.1, -0.05) is 0 Å². The zero-order valence-electron chi connectivity index (χ0n) is 16.1. The number of nitriles is 1. The molecule has 0 radical (unpaired) electrons. The molecule has 2 aliphatic heterocycles. The van der Waals surface area contributed by atoms with E-state index in [-0.39, 0.29) is 11.9 Å². The van der Waals surface area contributed by atoms with Crippen LogP contribution >= 0.6 is 0 Å². The van der Waals surface area contributed by atoms with Crippen molar-refractivity contribution < 1.29 is 14.2 Å². The molecule has 0 unspecified atom stereocenters. The van der Waals surface area contributed by atoms with Gasteiger partial charge in [-0.15, -0.1) is 0 Å². The second-order valence-electron chi connectivity index (χ2n) is 7.96. The molecule has 2 heterocycles. The molecule has 1 fully saturated rings. The zero-order valence-corrected chi connectivity index (χ0v) is 16.1. The minimum Gasteiger partial charge on any atom is -0.485 e. The summed E-state index contributed by atoms with van der Waals surface area (Å²) in [7, 11) is 0. The van der Waals surface area contributed by atoms with Crippen molar-refractivity contribution in [2.75, 3.05) is 31.1 Å². The van der Waals surface area contributed by atoms with E-state index in [1.165, 1.54) is 12.1 Å². The zero-order chi connectivity index (χ0) is 19.9. The molecule has 0 aliphatic carbocycles. The second kappa shape index (κ2) is 7.08. The van der Waals surface area contributed by atoms with E-state index >= 15 is 0 Å². The highest BCUT2D eigenvalue weighted by Crippen LogP contribution is 2.43. The van der Waals surface area contributed by atoms with Crippen LogP contribution < -0.4 is 9.64 Å². The number of aliphatic hydroxyl groups excluding tert-OH is 1. The predicted octanol–water partition coefficient (Wildman–Crippen LogP) is 3.09. The van der Waals surface area contributed by atoms with Gasteiger partial charge in [0.1, 0.15) is 23.3 Å². The van der Waals surface area contributed by atoms with Crippen LogP contribution in [0.15, 0.2) is 42.5 Å². The maximum absolute atomic E-state index is 13.2.